The molecule has 0 spiro atoms. The van der Waals surface area contributed by atoms with Gasteiger partial charge in [-0.1, -0.05) is 26.8 Å². The van der Waals surface area contributed by atoms with Crippen LogP contribution in [-0.4, -0.2) is 65.8 Å². The fourth-order valence-electron chi connectivity index (χ4n) is 3.79. The van der Waals surface area contributed by atoms with Crippen LogP contribution in [0.2, 0.25) is 0 Å². The number of hydrogen-bond acceptors (Lipinski definition) is 5. The second-order valence-electron chi connectivity index (χ2n) is 7.38. The number of piperazine rings is 1. The van der Waals surface area contributed by atoms with Crippen molar-refractivity contribution < 1.29 is 13.2 Å². The zero-order valence-corrected chi connectivity index (χ0v) is 16.0. The van der Waals surface area contributed by atoms with Gasteiger partial charge in [-0.25, -0.2) is 8.42 Å². The quantitative estimate of drug-likeness (QED) is 0.799. The lowest BCUT2D eigenvalue weighted by Gasteiger charge is -2.44. The number of fused-ring (bicyclic) bond motifs is 1. The first-order valence-electron chi connectivity index (χ1n) is 8.99. The van der Waals surface area contributed by atoms with E-state index in [1.807, 2.05) is 26.1 Å². The van der Waals surface area contributed by atoms with Crippen LogP contribution >= 0.6 is 0 Å². The SMILES string of the molecule is CCc1ccc(CN2CCN(C(=O)C(C)C)[C@@H]3CS(=O)(=O)C[C@@H]32)nc1. The summed E-state index contributed by atoms with van der Waals surface area (Å²) in [6.45, 7) is 7.73. The van der Waals surface area contributed by atoms with Gasteiger partial charge < -0.3 is 4.90 Å². The van der Waals surface area contributed by atoms with E-state index >= 15 is 0 Å². The van der Waals surface area contributed by atoms with Gasteiger partial charge in [0.25, 0.3) is 0 Å². The number of sulfone groups is 1. The highest BCUT2D eigenvalue weighted by molar-refractivity contribution is 7.91. The molecular formula is C18H27N3O3S. The molecule has 2 fully saturated rings. The Bertz CT molecular complexity index is 730. The van der Waals surface area contributed by atoms with E-state index in [1.54, 1.807) is 4.90 Å². The lowest BCUT2D eigenvalue weighted by molar-refractivity contribution is -0.140. The summed E-state index contributed by atoms with van der Waals surface area (Å²) in [5.74, 6) is 0.150. The third kappa shape index (κ3) is 3.87. The van der Waals surface area contributed by atoms with Crippen LogP contribution in [0, 0.1) is 5.92 Å². The summed E-state index contributed by atoms with van der Waals surface area (Å²) in [5.41, 5.74) is 2.14. The minimum absolute atomic E-state index is 0.0529. The number of pyridine rings is 1. The first-order chi connectivity index (χ1) is 11.8. The fourth-order valence-corrected chi connectivity index (χ4v) is 5.80. The van der Waals surface area contributed by atoms with Crippen molar-refractivity contribution in [3.05, 3.63) is 29.6 Å². The summed E-state index contributed by atoms with van der Waals surface area (Å²) in [4.78, 5) is 21.0. The maximum Gasteiger partial charge on any atom is 0.225 e. The first kappa shape index (κ1) is 18.3. The third-order valence-corrected chi connectivity index (χ3v) is 6.93. The summed E-state index contributed by atoms with van der Waals surface area (Å²) in [6, 6.07) is 3.73. The van der Waals surface area contributed by atoms with Gasteiger partial charge in [0.15, 0.2) is 9.84 Å². The zero-order valence-electron chi connectivity index (χ0n) is 15.2. The number of amides is 1. The lowest BCUT2D eigenvalue weighted by atomic mass is 10.0. The summed E-state index contributed by atoms with van der Waals surface area (Å²) in [7, 11) is -3.11. The van der Waals surface area contributed by atoms with Crippen LogP contribution in [0.1, 0.15) is 32.0 Å². The summed E-state index contributed by atoms with van der Waals surface area (Å²) in [6.07, 6.45) is 2.84. The monoisotopic (exact) mass is 365 g/mol. The Morgan fingerprint density at radius 3 is 2.56 bits per heavy atom. The maximum absolute atomic E-state index is 12.5. The standard InChI is InChI=1S/C18H27N3O3S/c1-4-14-5-6-15(19-9-14)10-20-7-8-21(18(22)13(2)3)17-12-25(23,24)11-16(17)20/h5-6,9,13,16-17H,4,7-8,10-12H2,1-3H3/t16-,17+/m0/s1. The van der Waals surface area contributed by atoms with Crippen LogP contribution in [0.25, 0.3) is 0 Å². The van der Waals surface area contributed by atoms with Crippen molar-refractivity contribution in [2.24, 2.45) is 5.92 Å². The molecule has 3 heterocycles. The second-order valence-corrected chi connectivity index (χ2v) is 9.53. The largest absolute Gasteiger partial charge is 0.336 e. The van der Waals surface area contributed by atoms with E-state index in [-0.39, 0.29) is 35.4 Å². The van der Waals surface area contributed by atoms with Crippen molar-refractivity contribution >= 4 is 15.7 Å². The lowest BCUT2D eigenvalue weighted by Crippen LogP contribution is -2.60. The van der Waals surface area contributed by atoms with Gasteiger partial charge in [0.1, 0.15) is 0 Å². The van der Waals surface area contributed by atoms with E-state index in [1.165, 1.54) is 5.56 Å². The number of aryl methyl sites for hydroxylation is 1. The van der Waals surface area contributed by atoms with Crippen LogP contribution < -0.4 is 0 Å². The molecule has 2 saturated heterocycles. The molecule has 0 saturated carbocycles. The second kappa shape index (κ2) is 7.03. The van der Waals surface area contributed by atoms with E-state index < -0.39 is 9.84 Å². The number of carbonyl (C=O) groups excluding carboxylic acids is 1. The fraction of sp³-hybridized carbons (Fsp3) is 0.667. The van der Waals surface area contributed by atoms with Crippen molar-refractivity contribution in [1.29, 1.82) is 0 Å². The summed E-state index contributed by atoms with van der Waals surface area (Å²) in [5, 5.41) is 0. The highest BCUT2D eigenvalue weighted by atomic mass is 32.2. The van der Waals surface area contributed by atoms with Gasteiger partial charge in [0.2, 0.25) is 5.91 Å². The molecule has 2 atom stereocenters. The van der Waals surface area contributed by atoms with Crippen LogP contribution in [0.15, 0.2) is 18.3 Å². The number of nitrogens with zero attached hydrogens (tertiary/aromatic N) is 3. The average Bonchev–Trinajstić information content (AvgIpc) is 2.90. The van der Waals surface area contributed by atoms with Crippen molar-refractivity contribution in [2.75, 3.05) is 24.6 Å². The summed E-state index contributed by atoms with van der Waals surface area (Å²) < 4.78 is 24.5. The normalized spacial score (nSPS) is 26.0. The molecule has 1 amide bonds. The number of aromatic nitrogens is 1. The molecule has 25 heavy (non-hydrogen) atoms. The van der Waals surface area contributed by atoms with Gasteiger partial charge in [-0.05, 0) is 18.1 Å². The Kier molecular flexibility index (Phi) is 5.16. The van der Waals surface area contributed by atoms with Crippen molar-refractivity contribution in [3.63, 3.8) is 0 Å². The smallest absolute Gasteiger partial charge is 0.225 e. The van der Waals surface area contributed by atoms with Crippen LogP contribution in [0.3, 0.4) is 0 Å². The topological polar surface area (TPSA) is 70.6 Å². The van der Waals surface area contributed by atoms with Gasteiger partial charge in [-0.3, -0.25) is 14.7 Å². The molecule has 0 aliphatic carbocycles. The highest BCUT2D eigenvalue weighted by Crippen LogP contribution is 2.29. The Hall–Kier alpha value is -1.47. The molecular weight excluding hydrogens is 338 g/mol. The van der Waals surface area contributed by atoms with Crippen molar-refractivity contribution in [1.82, 2.24) is 14.8 Å². The molecule has 2 aliphatic rings. The molecule has 7 heteroatoms. The molecule has 138 valence electrons. The minimum Gasteiger partial charge on any atom is -0.336 e. The van der Waals surface area contributed by atoms with Gasteiger partial charge >= 0.3 is 0 Å². The third-order valence-electron chi connectivity index (χ3n) is 5.23. The molecule has 0 bridgehead atoms. The number of carbonyl (C=O) groups is 1. The molecule has 0 aromatic carbocycles. The van der Waals surface area contributed by atoms with Gasteiger partial charge in [0, 0.05) is 37.8 Å². The summed E-state index contributed by atoms with van der Waals surface area (Å²) >= 11 is 0. The van der Waals surface area contributed by atoms with E-state index in [4.69, 9.17) is 0 Å². The molecule has 0 radical (unpaired) electrons. The maximum atomic E-state index is 12.5. The van der Waals surface area contributed by atoms with Gasteiger partial charge in [-0.15, -0.1) is 0 Å². The average molecular weight is 365 g/mol. The molecule has 0 unspecified atom stereocenters. The number of hydrogen-bond donors (Lipinski definition) is 0. The minimum atomic E-state index is -3.11. The molecule has 2 aliphatic heterocycles. The van der Waals surface area contributed by atoms with E-state index in [2.05, 4.69) is 22.9 Å². The Morgan fingerprint density at radius 2 is 1.96 bits per heavy atom. The number of rotatable bonds is 4. The van der Waals surface area contributed by atoms with Crippen molar-refractivity contribution in [2.45, 2.75) is 45.8 Å². The first-order valence-corrected chi connectivity index (χ1v) is 10.8. The molecule has 1 aromatic heterocycles. The predicted octanol–water partition coefficient (Wildman–Crippen LogP) is 1.11. The molecule has 0 N–H and O–H groups in total. The zero-order chi connectivity index (χ0) is 18.2. The van der Waals surface area contributed by atoms with Gasteiger partial charge in [0.05, 0.1) is 23.2 Å². The molecule has 1 aromatic rings. The van der Waals surface area contributed by atoms with Crippen LogP contribution in [0.4, 0.5) is 0 Å². The van der Waals surface area contributed by atoms with E-state index in [0.29, 0.717) is 19.6 Å². The van der Waals surface area contributed by atoms with Crippen LogP contribution in [-0.2, 0) is 27.6 Å². The van der Waals surface area contributed by atoms with E-state index in [9.17, 15) is 13.2 Å². The molecule has 6 nitrogen and oxygen atoms in total. The molecule has 3 rings (SSSR count). The Labute approximate surface area is 150 Å². The highest BCUT2D eigenvalue weighted by Gasteiger charge is 2.48. The Balaban J connectivity index is 1.79. The van der Waals surface area contributed by atoms with E-state index in [0.717, 1.165) is 12.1 Å². The predicted molar refractivity (Wildman–Crippen MR) is 96.8 cm³/mol. The van der Waals surface area contributed by atoms with Crippen molar-refractivity contribution in [3.8, 4) is 0 Å². The van der Waals surface area contributed by atoms with Crippen LogP contribution in [0.5, 0.6) is 0 Å². The Morgan fingerprint density at radius 1 is 1.24 bits per heavy atom. The van der Waals surface area contributed by atoms with Gasteiger partial charge in [-0.2, -0.15) is 0 Å².